The average Bonchev–Trinajstić information content (AvgIpc) is 3.41. The monoisotopic (exact) mass is 463 g/mol. The van der Waals surface area contributed by atoms with Crippen LogP contribution in [0, 0.1) is 0 Å². The van der Waals surface area contributed by atoms with Crippen LogP contribution in [0.15, 0.2) is 42.5 Å². The molecule has 2 aromatic carbocycles. The van der Waals surface area contributed by atoms with Crippen molar-refractivity contribution >= 4 is 5.78 Å². The Bertz CT molecular complexity index is 1070. The summed E-state index contributed by atoms with van der Waals surface area (Å²) in [5, 5.41) is 13.7. The quantitative estimate of drug-likeness (QED) is 0.295. The largest absolute Gasteiger partial charge is 0.483 e. The molecule has 0 bridgehead atoms. The van der Waals surface area contributed by atoms with Crippen molar-refractivity contribution in [2.24, 2.45) is 5.73 Å². The molecule has 8 heteroatoms. The summed E-state index contributed by atoms with van der Waals surface area (Å²) in [4.78, 5) is 13.3. The number of carbonyl (C=O) groups excluding carboxylic acids is 1. The summed E-state index contributed by atoms with van der Waals surface area (Å²) in [5.41, 5.74) is 7.10. The number of rotatable bonds is 12. The van der Waals surface area contributed by atoms with Gasteiger partial charge in [0.2, 0.25) is 5.82 Å². The van der Waals surface area contributed by atoms with E-state index < -0.39 is 5.72 Å². The van der Waals surface area contributed by atoms with Crippen LogP contribution < -0.4 is 15.2 Å². The van der Waals surface area contributed by atoms with E-state index in [0.717, 1.165) is 6.42 Å². The summed E-state index contributed by atoms with van der Waals surface area (Å²) in [6.45, 7) is 2.25. The van der Waals surface area contributed by atoms with Crippen LogP contribution in [-0.4, -0.2) is 33.0 Å². The molecule has 0 saturated heterocycles. The summed E-state index contributed by atoms with van der Waals surface area (Å²) in [5.74, 6) is 0.748. The molecule has 0 amide bonds. The third-order valence-corrected chi connectivity index (χ3v) is 6.21. The topological polar surface area (TPSA) is 116 Å². The second-order valence-electron chi connectivity index (χ2n) is 8.90. The molecule has 180 valence electrons. The number of hydrogen-bond donors (Lipinski definition) is 2. The molecule has 0 saturated carbocycles. The van der Waals surface area contributed by atoms with Crippen LogP contribution >= 0.6 is 0 Å². The molecule has 4 rings (SSSR count). The fraction of sp³-hybridized carbons (Fsp3) is 0.462. The van der Waals surface area contributed by atoms with Gasteiger partial charge in [-0.2, -0.15) is 5.21 Å². The zero-order valence-electron chi connectivity index (χ0n) is 19.8. The maximum atomic E-state index is 13.3. The van der Waals surface area contributed by atoms with E-state index in [9.17, 15) is 4.79 Å². The molecule has 1 atom stereocenters. The number of nitrogens with two attached hydrogens (primary N) is 1. The number of aromatic amines is 1. The highest BCUT2D eigenvalue weighted by Crippen LogP contribution is 2.40. The number of unbranched alkanes of at least 4 members (excludes halogenated alkanes) is 7. The van der Waals surface area contributed by atoms with E-state index in [1.165, 1.54) is 56.9 Å². The Morgan fingerprint density at radius 2 is 1.76 bits per heavy atom. The Kier molecular flexibility index (Phi) is 7.90. The number of fused-ring (bicyclic) bond motifs is 1. The maximum Gasteiger partial charge on any atom is 0.257 e. The van der Waals surface area contributed by atoms with E-state index in [1.54, 1.807) is 18.2 Å². The van der Waals surface area contributed by atoms with Crippen molar-refractivity contribution in [3.8, 4) is 11.5 Å². The molecule has 0 radical (unpaired) electrons. The average molecular weight is 464 g/mol. The molecule has 1 aromatic heterocycles. The number of ketones is 1. The summed E-state index contributed by atoms with van der Waals surface area (Å²) in [6, 6.07) is 13.0. The molecule has 0 fully saturated rings. The maximum absolute atomic E-state index is 13.3. The molecule has 2 heterocycles. The number of para-hydroxylation sites is 1. The Hall–Kier alpha value is -3.26. The third-order valence-electron chi connectivity index (χ3n) is 6.21. The minimum absolute atomic E-state index is 0.00458. The zero-order chi connectivity index (χ0) is 23.8. The summed E-state index contributed by atoms with van der Waals surface area (Å²) in [6.07, 6.45) is 11.4. The van der Waals surface area contributed by atoms with Gasteiger partial charge in [0.1, 0.15) is 6.61 Å². The first-order chi connectivity index (χ1) is 16.6. The fourth-order valence-corrected chi connectivity index (χ4v) is 4.20. The normalized spacial score (nSPS) is 17.0. The lowest BCUT2D eigenvalue weighted by Gasteiger charge is -2.33. The van der Waals surface area contributed by atoms with Gasteiger partial charge in [-0.05, 0) is 35.8 Å². The van der Waals surface area contributed by atoms with Gasteiger partial charge >= 0.3 is 0 Å². The van der Waals surface area contributed by atoms with Crippen LogP contribution in [0.4, 0.5) is 0 Å². The van der Waals surface area contributed by atoms with Gasteiger partial charge in [-0.25, -0.2) is 0 Å². The number of nitrogens with zero attached hydrogens (tertiary/aromatic N) is 3. The molecule has 0 spiro atoms. The molecule has 8 nitrogen and oxygen atoms in total. The lowest BCUT2D eigenvalue weighted by Crippen LogP contribution is -2.51. The molecule has 3 aromatic rings. The Labute approximate surface area is 200 Å². The number of benzene rings is 2. The van der Waals surface area contributed by atoms with E-state index in [-0.39, 0.29) is 24.0 Å². The first kappa shape index (κ1) is 23.9. The molecule has 0 aliphatic carbocycles. The van der Waals surface area contributed by atoms with Crippen LogP contribution in [0.25, 0.3) is 0 Å². The third kappa shape index (κ3) is 5.62. The Balaban J connectivity index is 1.37. The second-order valence-corrected chi connectivity index (χ2v) is 8.90. The predicted octanol–water partition coefficient (Wildman–Crippen LogP) is 4.70. The van der Waals surface area contributed by atoms with Gasteiger partial charge in [0.25, 0.3) is 5.72 Å². The number of tetrazole rings is 1. The number of aromatic nitrogens is 4. The number of carbonyl (C=O) groups is 1. The number of ether oxygens (including phenoxy) is 2. The van der Waals surface area contributed by atoms with Gasteiger partial charge in [0.05, 0.1) is 5.56 Å². The predicted molar refractivity (Wildman–Crippen MR) is 129 cm³/mol. The summed E-state index contributed by atoms with van der Waals surface area (Å²) < 4.78 is 11.8. The van der Waals surface area contributed by atoms with Crippen LogP contribution in [0.3, 0.4) is 0 Å². The van der Waals surface area contributed by atoms with E-state index >= 15 is 0 Å². The van der Waals surface area contributed by atoms with Gasteiger partial charge < -0.3 is 9.47 Å². The second kappa shape index (κ2) is 11.2. The van der Waals surface area contributed by atoms with Crippen molar-refractivity contribution in [2.45, 2.75) is 70.4 Å². The molecular formula is C26H33N5O3. The van der Waals surface area contributed by atoms with Gasteiger partial charge in [-0.3, -0.25) is 10.5 Å². The van der Waals surface area contributed by atoms with Gasteiger partial charge in [-0.1, -0.05) is 82.2 Å². The Morgan fingerprint density at radius 1 is 1.03 bits per heavy atom. The van der Waals surface area contributed by atoms with Crippen LogP contribution in [0.5, 0.6) is 11.5 Å². The molecule has 1 unspecified atom stereocenters. The highest BCUT2D eigenvalue weighted by molar-refractivity contribution is 6.11. The van der Waals surface area contributed by atoms with Crippen molar-refractivity contribution in [2.75, 3.05) is 6.61 Å². The van der Waals surface area contributed by atoms with E-state index in [2.05, 4.69) is 27.5 Å². The highest BCUT2D eigenvalue weighted by atomic mass is 16.6. The highest BCUT2D eigenvalue weighted by Gasteiger charge is 2.41. The molecule has 3 N–H and O–H groups in total. The Morgan fingerprint density at radius 3 is 2.47 bits per heavy atom. The number of aryl methyl sites for hydroxylation is 1. The van der Waals surface area contributed by atoms with Crippen molar-refractivity contribution in [1.29, 1.82) is 0 Å². The van der Waals surface area contributed by atoms with Crippen molar-refractivity contribution in [3.63, 3.8) is 0 Å². The lowest BCUT2D eigenvalue weighted by atomic mass is 9.98. The molecule has 34 heavy (non-hydrogen) atoms. The van der Waals surface area contributed by atoms with Gasteiger partial charge in [-0.15, -0.1) is 10.2 Å². The van der Waals surface area contributed by atoms with Gasteiger partial charge in [0.15, 0.2) is 17.3 Å². The molecular weight excluding hydrogens is 430 g/mol. The first-order valence-corrected chi connectivity index (χ1v) is 12.2. The molecule has 1 aliphatic rings. The fourth-order valence-electron chi connectivity index (χ4n) is 4.20. The van der Waals surface area contributed by atoms with Crippen molar-refractivity contribution in [1.82, 2.24) is 20.6 Å². The smallest absolute Gasteiger partial charge is 0.257 e. The van der Waals surface area contributed by atoms with Crippen molar-refractivity contribution in [3.05, 3.63) is 65.0 Å². The number of hydrogen-bond acceptors (Lipinski definition) is 7. The van der Waals surface area contributed by atoms with E-state index in [4.69, 9.17) is 15.2 Å². The first-order valence-electron chi connectivity index (χ1n) is 12.2. The van der Waals surface area contributed by atoms with E-state index in [0.29, 0.717) is 16.9 Å². The van der Waals surface area contributed by atoms with Crippen LogP contribution in [0.1, 0.15) is 85.6 Å². The molecule has 1 aliphatic heterocycles. The lowest BCUT2D eigenvalue weighted by molar-refractivity contribution is -0.0154. The minimum Gasteiger partial charge on any atom is -0.483 e. The number of nitrogens with one attached hydrogen (secondary N) is 1. The number of H-pyrrole nitrogens is 1. The minimum atomic E-state index is -1.43. The standard InChI is InChI=1S/C26H33N5O3/c1-2-3-4-5-6-7-8-9-11-19-14-16-20(17-15-19)23(32)21-12-10-13-22-24(21)34-26(27,18-33-22)25-28-30-31-29-25/h10,12-17H,2-9,11,18,27H2,1H3,(H,28,29,30,31). The van der Waals surface area contributed by atoms with E-state index in [1.807, 2.05) is 24.3 Å². The van der Waals surface area contributed by atoms with Crippen molar-refractivity contribution < 1.29 is 14.3 Å². The zero-order valence-corrected chi connectivity index (χ0v) is 19.8. The SMILES string of the molecule is CCCCCCCCCCc1ccc(C(=O)c2cccc3c2OC(N)(c2nn[nH]n2)CO3)cc1. The summed E-state index contributed by atoms with van der Waals surface area (Å²) >= 11 is 0. The van der Waals surface area contributed by atoms with Crippen LogP contribution in [-0.2, 0) is 12.1 Å². The summed E-state index contributed by atoms with van der Waals surface area (Å²) in [7, 11) is 0. The van der Waals surface area contributed by atoms with Crippen LogP contribution in [0.2, 0.25) is 0 Å². The van der Waals surface area contributed by atoms with Gasteiger partial charge in [0, 0.05) is 5.56 Å².